The van der Waals surface area contributed by atoms with Crippen LogP contribution in [0.5, 0.6) is 11.5 Å². The zero-order chi connectivity index (χ0) is 18.8. The molecule has 3 amide bonds. The summed E-state index contributed by atoms with van der Waals surface area (Å²) >= 11 is 0. The van der Waals surface area contributed by atoms with Crippen LogP contribution in [0.4, 0.5) is 20.6 Å². The van der Waals surface area contributed by atoms with Crippen LogP contribution in [0.3, 0.4) is 0 Å². The number of benzene rings is 2. The summed E-state index contributed by atoms with van der Waals surface area (Å²) in [6.07, 6.45) is 0.186. The highest BCUT2D eigenvalue weighted by Gasteiger charge is 2.31. The number of fused-ring (bicyclic) bond motifs is 1. The summed E-state index contributed by atoms with van der Waals surface area (Å²) in [5.74, 6) is 0.742. The Morgan fingerprint density at radius 2 is 1.81 bits per heavy atom. The number of halogens is 1. The van der Waals surface area contributed by atoms with E-state index in [0.29, 0.717) is 42.6 Å². The average Bonchev–Trinajstić information content (AvgIpc) is 3.02. The zero-order valence-corrected chi connectivity index (χ0v) is 14.4. The molecule has 2 aliphatic heterocycles. The highest BCUT2D eigenvalue weighted by molar-refractivity contribution is 5.97. The van der Waals surface area contributed by atoms with Gasteiger partial charge < -0.3 is 25.0 Å². The number of carbonyl (C=O) groups is 2. The molecule has 0 saturated carbocycles. The fraction of sp³-hybridized carbons (Fsp3) is 0.263. The minimum atomic E-state index is -0.412. The van der Waals surface area contributed by atoms with E-state index in [1.54, 1.807) is 30.3 Å². The first-order valence-corrected chi connectivity index (χ1v) is 8.61. The van der Waals surface area contributed by atoms with Gasteiger partial charge in [0.2, 0.25) is 5.91 Å². The summed E-state index contributed by atoms with van der Waals surface area (Å²) in [5, 5.41) is 5.52. The molecule has 2 aromatic carbocycles. The van der Waals surface area contributed by atoms with Gasteiger partial charge in [-0.2, -0.15) is 0 Å². The maximum Gasteiger partial charge on any atom is 0.319 e. The average molecular weight is 371 g/mol. The largest absolute Gasteiger partial charge is 0.486 e. The molecule has 0 bridgehead atoms. The number of amides is 3. The van der Waals surface area contributed by atoms with Crippen molar-refractivity contribution in [3.05, 3.63) is 48.3 Å². The minimum Gasteiger partial charge on any atom is -0.486 e. The summed E-state index contributed by atoms with van der Waals surface area (Å²) in [7, 11) is 0. The Hall–Kier alpha value is -3.29. The Labute approximate surface area is 155 Å². The number of anilines is 2. The first-order chi connectivity index (χ1) is 13.1. The van der Waals surface area contributed by atoms with Crippen LogP contribution in [0, 0.1) is 5.82 Å². The number of hydrogen-bond donors (Lipinski definition) is 2. The molecule has 140 valence electrons. The number of carbonyl (C=O) groups excluding carboxylic acids is 2. The molecule has 0 aromatic heterocycles. The molecule has 2 aromatic rings. The molecular formula is C19H18FN3O4. The summed E-state index contributed by atoms with van der Waals surface area (Å²) in [6.45, 7) is 1.30. The third-order valence-electron chi connectivity index (χ3n) is 4.40. The standard InChI is InChI=1S/C19H18FN3O4/c20-12-1-4-15(5-2-12)23-11-14(10-18(23)24)22-19(25)21-13-3-6-16-17(9-13)27-8-7-26-16/h1-6,9,14H,7-8,10-11H2,(H2,21,22,25)/t14-/m1/s1. The van der Waals surface area contributed by atoms with E-state index in [1.165, 1.54) is 17.0 Å². The van der Waals surface area contributed by atoms with Gasteiger partial charge in [0.1, 0.15) is 19.0 Å². The van der Waals surface area contributed by atoms with E-state index in [2.05, 4.69) is 10.6 Å². The van der Waals surface area contributed by atoms with Crippen LogP contribution in [0.15, 0.2) is 42.5 Å². The molecule has 0 aliphatic carbocycles. The van der Waals surface area contributed by atoms with E-state index in [-0.39, 0.29) is 24.2 Å². The second-order valence-corrected chi connectivity index (χ2v) is 6.34. The van der Waals surface area contributed by atoms with E-state index >= 15 is 0 Å². The number of nitrogens with zero attached hydrogens (tertiary/aromatic N) is 1. The Morgan fingerprint density at radius 3 is 2.59 bits per heavy atom. The lowest BCUT2D eigenvalue weighted by molar-refractivity contribution is -0.117. The Bertz CT molecular complexity index is 872. The van der Waals surface area contributed by atoms with E-state index in [1.807, 2.05) is 0 Å². The van der Waals surface area contributed by atoms with Crippen molar-refractivity contribution in [1.29, 1.82) is 0 Å². The molecule has 0 spiro atoms. The zero-order valence-electron chi connectivity index (χ0n) is 14.4. The lowest BCUT2D eigenvalue weighted by Crippen LogP contribution is -2.39. The molecule has 1 saturated heterocycles. The molecule has 2 N–H and O–H groups in total. The smallest absolute Gasteiger partial charge is 0.319 e. The maximum absolute atomic E-state index is 13.0. The van der Waals surface area contributed by atoms with Gasteiger partial charge in [-0.15, -0.1) is 0 Å². The summed E-state index contributed by atoms with van der Waals surface area (Å²) in [5.41, 5.74) is 1.18. The first-order valence-electron chi connectivity index (χ1n) is 8.61. The fourth-order valence-corrected chi connectivity index (χ4v) is 3.15. The van der Waals surface area contributed by atoms with E-state index in [0.717, 1.165) is 0 Å². The van der Waals surface area contributed by atoms with Gasteiger partial charge in [-0.1, -0.05) is 0 Å². The lowest BCUT2D eigenvalue weighted by atomic mass is 10.2. The van der Waals surface area contributed by atoms with Crippen molar-refractivity contribution in [1.82, 2.24) is 5.32 Å². The molecule has 8 heteroatoms. The lowest BCUT2D eigenvalue weighted by Gasteiger charge is -2.19. The topological polar surface area (TPSA) is 79.9 Å². The molecule has 2 aliphatic rings. The second kappa shape index (κ2) is 7.14. The normalized spacial score (nSPS) is 18.3. The minimum absolute atomic E-state index is 0.119. The van der Waals surface area contributed by atoms with Gasteiger partial charge in [0.25, 0.3) is 0 Å². The van der Waals surface area contributed by atoms with Gasteiger partial charge in [-0.3, -0.25) is 4.79 Å². The van der Waals surface area contributed by atoms with Gasteiger partial charge in [0, 0.05) is 30.4 Å². The molecule has 4 rings (SSSR count). The highest BCUT2D eigenvalue weighted by atomic mass is 19.1. The fourth-order valence-electron chi connectivity index (χ4n) is 3.15. The Balaban J connectivity index is 1.36. The van der Waals surface area contributed by atoms with Crippen LogP contribution < -0.4 is 25.0 Å². The van der Waals surface area contributed by atoms with Crippen molar-refractivity contribution in [2.45, 2.75) is 12.5 Å². The Morgan fingerprint density at radius 1 is 1.07 bits per heavy atom. The van der Waals surface area contributed by atoms with Crippen molar-refractivity contribution >= 4 is 23.3 Å². The summed E-state index contributed by atoms with van der Waals surface area (Å²) in [4.78, 5) is 26.0. The van der Waals surface area contributed by atoms with Gasteiger partial charge in [0.05, 0.1) is 6.04 Å². The highest BCUT2D eigenvalue weighted by Crippen LogP contribution is 2.32. The molecule has 1 atom stereocenters. The number of urea groups is 1. The van der Waals surface area contributed by atoms with Crippen molar-refractivity contribution in [3.63, 3.8) is 0 Å². The van der Waals surface area contributed by atoms with Crippen molar-refractivity contribution in [3.8, 4) is 11.5 Å². The molecule has 2 heterocycles. The molecule has 0 unspecified atom stereocenters. The Kier molecular flexibility index (Phi) is 4.53. The van der Waals surface area contributed by atoms with Crippen LogP contribution >= 0.6 is 0 Å². The summed E-state index contributed by atoms with van der Waals surface area (Å²) < 4.78 is 24.0. The number of hydrogen-bond acceptors (Lipinski definition) is 4. The molecule has 1 fully saturated rings. The van der Waals surface area contributed by atoms with Gasteiger partial charge >= 0.3 is 6.03 Å². The van der Waals surface area contributed by atoms with Crippen molar-refractivity contribution in [2.75, 3.05) is 30.0 Å². The molecule has 7 nitrogen and oxygen atoms in total. The van der Waals surface area contributed by atoms with E-state index < -0.39 is 6.03 Å². The second-order valence-electron chi connectivity index (χ2n) is 6.34. The SMILES string of the molecule is O=C(Nc1ccc2c(c1)OCCO2)N[C@@H]1CC(=O)N(c2ccc(F)cc2)C1. The van der Waals surface area contributed by atoms with Crippen molar-refractivity contribution in [2.24, 2.45) is 0 Å². The number of ether oxygens (including phenoxy) is 2. The predicted octanol–water partition coefficient (Wildman–Crippen LogP) is 2.52. The summed E-state index contributed by atoms with van der Waals surface area (Å²) in [6, 6.07) is 10.1. The predicted molar refractivity (Wildman–Crippen MR) is 96.7 cm³/mol. The van der Waals surface area contributed by atoms with Gasteiger partial charge in [-0.05, 0) is 36.4 Å². The number of rotatable bonds is 3. The molecular weight excluding hydrogens is 353 g/mol. The molecule has 27 heavy (non-hydrogen) atoms. The van der Waals surface area contributed by atoms with Gasteiger partial charge in [0.15, 0.2) is 11.5 Å². The van der Waals surface area contributed by atoms with Crippen LogP contribution in [0.25, 0.3) is 0 Å². The first kappa shape index (κ1) is 17.1. The third kappa shape index (κ3) is 3.79. The molecule has 0 radical (unpaired) electrons. The monoisotopic (exact) mass is 371 g/mol. The van der Waals surface area contributed by atoms with Crippen LogP contribution in [0.1, 0.15) is 6.42 Å². The maximum atomic E-state index is 13.0. The van der Waals surface area contributed by atoms with Crippen LogP contribution in [0.2, 0.25) is 0 Å². The third-order valence-corrected chi connectivity index (χ3v) is 4.40. The van der Waals surface area contributed by atoms with Crippen LogP contribution in [-0.2, 0) is 4.79 Å². The van der Waals surface area contributed by atoms with Crippen LogP contribution in [-0.4, -0.2) is 37.7 Å². The van der Waals surface area contributed by atoms with Gasteiger partial charge in [-0.25, -0.2) is 9.18 Å². The quantitative estimate of drug-likeness (QED) is 0.869. The number of nitrogens with one attached hydrogen (secondary N) is 2. The van der Waals surface area contributed by atoms with E-state index in [4.69, 9.17) is 9.47 Å². The van der Waals surface area contributed by atoms with E-state index in [9.17, 15) is 14.0 Å². The van der Waals surface area contributed by atoms with Crippen molar-refractivity contribution < 1.29 is 23.5 Å².